The van der Waals surface area contributed by atoms with Crippen molar-refractivity contribution < 1.29 is 19.4 Å². The molecule has 2 rings (SSSR count). The van der Waals surface area contributed by atoms with Gasteiger partial charge in [-0.05, 0) is 51.8 Å². The number of phenolic OH excluding ortho intramolecular Hbond substituents is 1. The van der Waals surface area contributed by atoms with Crippen LogP contribution in [0.1, 0.15) is 15.9 Å². The molecule has 24 heavy (non-hydrogen) atoms. The fraction of sp³-hybridized carbons (Fsp3) is 0.125. The number of hydrazone groups is 1. The van der Waals surface area contributed by atoms with Gasteiger partial charge in [0.25, 0.3) is 5.91 Å². The van der Waals surface area contributed by atoms with E-state index in [1.54, 1.807) is 25.3 Å². The topological polar surface area (TPSA) is 80.2 Å². The lowest BCUT2D eigenvalue weighted by Crippen LogP contribution is -2.17. The monoisotopic (exact) mass is 456 g/mol. The van der Waals surface area contributed by atoms with Crippen LogP contribution < -0.4 is 14.9 Å². The predicted molar refractivity (Wildman–Crippen MR) is 98.1 cm³/mol. The van der Waals surface area contributed by atoms with Gasteiger partial charge < -0.3 is 14.6 Å². The Morgan fingerprint density at radius 1 is 1.21 bits per heavy atom. The van der Waals surface area contributed by atoms with Crippen LogP contribution in [0.2, 0.25) is 0 Å². The van der Waals surface area contributed by atoms with E-state index in [2.05, 4.69) is 42.4 Å². The van der Waals surface area contributed by atoms with E-state index in [1.165, 1.54) is 25.5 Å². The summed E-state index contributed by atoms with van der Waals surface area (Å²) in [4.78, 5) is 12.0. The fourth-order valence-corrected chi connectivity index (χ4v) is 2.91. The number of nitrogens with zero attached hydrogens (tertiary/aromatic N) is 1. The molecule has 0 bridgehead atoms. The van der Waals surface area contributed by atoms with Gasteiger partial charge in [0.1, 0.15) is 5.75 Å². The summed E-state index contributed by atoms with van der Waals surface area (Å²) in [6.45, 7) is 0. The van der Waals surface area contributed by atoms with Gasteiger partial charge in [-0.3, -0.25) is 4.79 Å². The number of halogens is 2. The molecule has 0 unspecified atom stereocenters. The van der Waals surface area contributed by atoms with E-state index in [-0.39, 0.29) is 11.3 Å². The van der Waals surface area contributed by atoms with Crippen molar-refractivity contribution in [2.45, 2.75) is 0 Å². The summed E-state index contributed by atoms with van der Waals surface area (Å²) in [5.41, 5.74) is 3.18. The van der Waals surface area contributed by atoms with E-state index in [9.17, 15) is 9.90 Å². The largest absolute Gasteiger partial charge is 0.507 e. The molecule has 0 aliphatic carbocycles. The van der Waals surface area contributed by atoms with Crippen molar-refractivity contribution in [3.63, 3.8) is 0 Å². The normalized spacial score (nSPS) is 10.7. The van der Waals surface area contributed by atoms with E-state index >= 15 is 0 Å². The number of benzene rings is 2. The van der Waals surface area contributed by atoms with Gasteiger partial charge in [-0.15, -0.1) is 0 Å². The van der Waals surface area contributed by atoms with Gasteiger partial charge in [0.05, 0.1) is 30.5 Å². The molecule has 2 aromatic carbocycles. The SMILES string of the molecule is COc1cc(/C=N/NC(=O)c2cc(Br)ccc2O)cc(Br)c1OC. The van der Waals surface area contributed by atoms with Crippen LogP contribution in [-0.2, 0) is 0 Å². The molecule has 0 saturated heterocycles. The van der Waals surface area contributed by atoms with Gasteiger partial charge in [-0.25, -0.2) is 5.43 Å². The highest BCUT2D eigenvalue weighted by atomic mass is 79.9. The Kier molecular flexibility index (Phi) is 6.22. The molecule has 0 fully saturated rings. The summed E-state index contributed by atoms with van der Waals surface area (Å²) in [6, 6.07) is 8.06. The number of rotatable bonds is 5. The highest BCUT2D eigenvalue weighted by Gasteiger charge is 2.11. The van der Waals surface area contributed by atoms with Crippen LogP contribution in [0, 0.1) is 0 Å². The summed E-state index contributed by atoms with van der Waals surface area (Å²) in [6.07, 6.45) is 1.46. The van der Waals surface area contributed by atoms with Crippen LogP contribution in [0.15, 0.2) is 44.4 Å². The Morgan fingerprint density at radius 2 is 1.96 bits per heavy atom. The predicted octanol–water partition coefficient (Wildman–Crippen LogP) is 3.70. The molecule has 0 aliphatic heterocycles. The Hall–Kier alpha value is -2.06. The number of amides is 1. The van der Waals surface area contributed by atoms with Crippen molar-refractivity contribution in [1.82, 2.24) is 5.43 Å². The summed E-state index contributed by atoms with van der Waals surface area (Å²) >= 11 is 6.63. The van der Waals surface area contributed by atoms with Gasteiger partial charge in [0.2, 0.25) is 0 Å². The average Bonchev–Trinajstić information content (AvgIpc) is 2.56. The van der Waals surface area contributed by atoms with Crippen LogP contribution >= 0.6 is 31.9 Å². The van der Waals surface area contributed by atoms with E-state index in [0.717, 1.165) is 0 Å². The highest BCUT2D eigenvalue weighted by molar-refractivity contribution is 9.10. The van der Waals surface area contributed by atoms with Gasteiger partial charge in [-0.2, -0.15) is 5.10 Å². The summed E-state index contributed by atoms with van der Waals surface area (Å²) in [5.74, 6) is 0.450. The van der Waals surface area contributed by atoms with Gasteiger partial charge >= 0.3 is 0 Å². The minimum absolute atomic E-state index is 0.120. The maximum atomic E-state index is 12.0. The molecule has 0 heterocycles. The summed E-state index contributed by atoms with van der Waals surface area (Å²) < 4.78 is 11.8. The minimum atomic E-state index is -0.524. The maximum Gasteiger partial charge on any atom is 0.275 e. The number of aromatic hydroxyl groups is 1. The zero-order valence-corrected chi connectivity index (χ0v) is 16.0. The van der Waals surface area contributed by atoms with Crippen LogP contribution in [0.4, 0.5) is 0 Å². The van der Waals surface area contributed by atoms with Gasteiger partial charge in [0, 0.05) is 4.47 Å². The van der Waals surface area contributed by atoms with Crippen molar-refractivity contribution >= 4 is 44.0 Å². The Labute approximate surface area is 155 Å². The molecule has 0 radical (unpaired) electrons. The number of carbonyl (C=O) groups is 1. The molecule has 1 amide bonds. The van der Waals surface area contributed by atoms with Crippen molar-refractivity contribution in [1.29, 1.82) is 0 Å². The first kappa shape index (κ1) is 18.3. The fourth-order valence-electron chi connectivity index (χ4n) is 1.93. The number of ether oxygens (including phenoxy) is 2. The second-order valence-corrected chi connectivity index (χ2v) is 6.37. The molecule has 2 N–H and O–H groups in total. The minimum Gasteiger partial charge on any atom is -0.507 e. The van der Waals surface area contributed by atoms with Crippen molar-refractivity contribution in [2.24, 2.45) is 5.10 Å². The maximum absolute atomic E-state index is 12.0. The Balaban J connectivity index is 2.15. The summed E-state index contributed by atoms with van der Waals surface area (Å²) in [7, 11) is 3.07. The molecule has 0 atom stereocenters. The van der Waals surface area contributed by atoms with Crippen LogP contribution in [-0.4, -0.2) is 31.4 Å². The van der Waals surface area contributed by atoms with Gasteiger partial charge in [-0.1, -0.05) is 15.9 Å². The highest BCUT2D eigenvalue weighted by Crippen LogP contribution is 2.35. The smallest absolute Gasteiger partial charge is 0.275 e. The van der Waals surface area contributed by atoms with E-state index in [4.69, 9.17) is 9.47 Å². The van der Waals surface area contributed by atoms with Crippen molar-refractivity contribution in [3.05, 3.63) is 50.4 Å². The molecular weight excluding hydrogens is 444 g/mol. The molecule has 0 spiro atoms. The van der Waals surface area contributed by atoms with Crippen LogP contribution in [0.3, 0.4) is 0 Å². The lowest BCUT2D eigenvalue weighted by Gasteiger charge is -2.10. The number of methoxy groups -OCH3 is 2. The Bertz CT molecular complexity index is 794. The molecule has 6 nitrogen and oxygen atoms in total. The lowest BCUT2D eigenvalue weighted by atomic mass is 10.2. The molecule has 8 heteroatoms. The van der Waals surface area contributed by atoms with Crippen LogP contribution in [0.25, 0.3) is 0 Å². The third kappa shape index (κ3) is 4.27. The third-order valence-electron chi connectivity index (χ3n) is 3.04. The van der Waals surface area contributed by atoms with Crippen LogP contribution in [0.5, 0.6) is 17.2 Å². The first-order valence-corrected chi connectivity index (χ1v) is 8.28. The number of hydrogen-bond acceptors (Lipinski definition) is 5. The number of carbonyl (C=O) groups excluding carboxylic acids is 1. The lowest BCUT2D eigenvalue weighted by molar-refractivity contribution is 0.0952. The molecule has 126 valence electrons. The molecule has 2 aromatic rings. The quantitative estimate of drug-likeness (QED) is 0.530. The molecular formula is C16H14Br2N2O4. The van der Waals surface area contributed by atoms with E-state index in [0.29, 0.717) is 26.0 Å². The second-order valence-electron chi connectivity index (χ2n) is 4.60. The molecule has 0 saturated carbocycles. The van der Waals surface area contributed by atoms with Crippen molar-refractivity contribution in [3.8, 4) is 17.2 Å². The molecule has 0 aromatic heterocycles. The average molecular weight is 458 g/mol. The van der Waals surface area contributed by atoms with Crippen molar-refractivity contribution in [2.75, 3.05) is 14.2 Å². The number of hydrogen-bond donors (Lipinski definition) is 2. The molecule has 0 aliphatic rings. The second kappa shape index (κ2) is 8.16. The first-order chi connectivity index (χ1) is 11.5. The van der Waals surface area contributed by atoms with E-state index < -0.39 is 5.91 Å². The van der Waals surface area contributed by atoms with E-state index in [1.807, 2.05) is 0 Å². The number of phenols is 1. The summed E-state index contributed by atoms with van der Waals surface area (Å²) in [5, 5.41) is 13.6. The standard InChI is InChI=1S/C16H14Br2N2O4/c1-23-14-6-9(5-12(18)15(14)24-2)8-19-20-16(22)11-7-10(17)3-4-13(11)21/h3-8,21H,1-2H3,(H,20,22)/b19-8+. The zero-order chi connectivity index (χ0) is 17.7. The number of nitrogens with one attached hydrogen (secondary N) is 1. The first-order valence-electron chi connectivity index (χ1n) is 6.69. The Morgan fingerprint density at radius 3 is 2.62 bits per heavy atom. The zero-order valence-electron chi connectivity index (χ0n) is 12.8. The van der Waals surface area contributed by atoms with Gasteiger partial charge in [0.15, 0.2) is 11.5 Å². The third-order valence-corrected chi connectivity index (χ3v) is 4.12.